The van der Waals surface area contributed by atoms with E-state index in [1.165, 1.54) is 4.31 Å². The van der Waals surface area contributed by atoms with Gasteiger partial charge in [-0.05, 0) is 19.3 Å². The third-order valence-electron chi connectivity index (χ3n) is 2.86. The fourth-order valence-corrected chi connectivity index (χ4v) is 3.49. The van der Waals surface area contributed by atoms with Gasteiger partial charge in [-0.3, -0.25) is 4.79 Å². The van der Waals surface area contributed by atoms with Crippen molar-refractivity contribution in [3.05, 3.63) is 0 Å². The van der Waals surface area contributed by atoms with Crippen LogP contribution in [0.15, 0.2) is 0 Å². The molecule has 1 heterocycles. The number of carbonyl (C=O) groups is 1. The lowest BCUT2D eigenvalue weighted by atomic mass is 10.1. The maximum atomic E-state index is 11.8. The summed E-state index contributed by atoms with van der Waals surface area (Å²) in [5.74, 6) is 0.0205. The Balaban J connectivity index is 2.43. The lowest BCUT2D eigenvalue weighted by molar-refractivity contribution is -0.120. The van der Waals surface area contributed by atoms with Crippen LogP contribution in [-0.4, -0.2) is 50.1 Å². The molecule has 3 N–H and O–H groups in total. The van der Waals surface area contributed by atoms with Gasteiger partial charge in [0.1, 0.15) is 0 Å². The van der Waals surface area contributed by atoms with E-state index in [9.17, 15) is 13.2 Å². The Morgan fingerprint density at radius 2 is 2.00 bits per heavy atom. The van der Waals surface area contributed by atoms with Crippen molar-refractivity contribution in [1.29, 1.82) is 0 Å². The SMILES string of the molecule is CCCS(=O)(=O)N1CCC(NC(=O)CN)CC1. The van der Waals surface area contributed by atoms with Crippen molar-refractivity contribution in [2.45, 2.75) is 32.2 Å². The highest BCUT2D eigenvalue weighted by Gasteiger charge is 2.27. The van der Waals surface area contributed by atoms with Crippen molar-refractivity contribution >= 4 is 15.9 Å². The molecule has 0 atom stereocenters. The average Bonchev–Trinajstić information content (AvgIpc) is 2.29. The van der Waals surface area contributed by atoms with Crippen molar-refractivity contribution in [2.24, 2.45) is 5.73 Å². The molecule has 17 heavy (non-hydrogen) atoms. The number of rotatable bonds is 5. The number of nitrogens with zero attached hydrogens (tertiary/aromatic N) is 1. The molecule has 0 unspecified atom stereocenters. The largest absolute Gasteiger partial charge is 0.352 e. The van der Waals surface area contributed by atoms with E-state index in [0.717, 1.165) is 0 Å². The van der Waals surface area contributed by atoms with Crippen molar-refractivity contribution in [3.63, 3.8) is 0 Å². The number of nitrogens with one attached hydrogen (secondary N) is 1. The molecule has 0 aliphatic carbocycles. The van der Waals surface area contributed by atoms with Crippen LogP contribution in [0.4, 0.5) is 0 Å². The molecular formula is C10H21N3O3S. The molecule has 1 amide bonds. The van der Waals surface area contributed by atoms with Gasteiger partial charge in [-0.25, -0.2) is 12.7 Å². The van der Waals surface area contributed by atoms with Crippen LogP contribution in [0, 0.1) is 0 Å². The van der Waals surface area contributed by atoms with Crippen LogP contribution < -0.4 is 11.1 Å². The molecule has 0 bridgehead atoms. The highest BCUT2D eigenvalue weighted by Crippen LogP contribution is 2.14. The van der Waals surface area contributed by atoms with Gasteiger partial charge in [-0.2, -0.15) is 0 Å². The van der Waals surface area contributed by atoms with Crippen LogP contribution in [0.25, 0.3) is 0 Å². The molecular weight excluding hydrogens is 242 g/mol. The normalized spacial score (nSPS) is 19.2. The van der Waals surface area contributed by atoms with Gasteiger partial charge < -0.3 is 11.1 Å². The quantitative estimate of drug-likeness (QED) is 0.683. The van der Waals surface area contributed by atoms with Crippen molar-refractivity contribution in [2.75, 3.05) is 25.4 Å². The van der Waals surface area contributed by atoms with E-state index >= 15 is 0 Å². The Bertz CT molecular complexity index is 348. The fraction of sp³-hybridized carbons (Fsp3) is 0.900. The smallest absolute Gasteiger partial charge is 0.233 e. The third-order valence-corrected chi connectivity index (χ3v) is 4.94. The first-order valence-electron chi connectivity index (χ1n) is 5.97. The molecule has 0 aromatic rings. The number of piperidine rings is 1. The molecule has 1 rings (SSSR count). The van der Waals surface area contributed by atoms with E-state index in [0.29, 0.717) is 32.4 Å². The first-order chi connectivity index (χ1) is 7.99. The summed E-state index contributed by atoms with van der Waals surface area (Å²) < 4.78 is 25.1. The maximum absolute atomic E-state index is 11.8. The second-order valence-corrected chi connectivity index (χ2v) is 6.35. The van der Waals surface area contributed by atoms with Gasteiger partial charge >= 0.3 is 0 Å². The van der Waals surface area contributed by atoms with Gasteiger partial charge in [0, 0.05) is 19.1 Å². The summed E-state index contributed by atoms with van der Waals surface area (Å²) in [5, 5.41) is 2.79. The van der Waals surface area contributed by atoms with Gasteiger partial charge in [0.05, 0.1) is 12.3 Å². The molecule has 7 heteroatoms. The minimum Gasteiger partial charge on any atom is -0.352 e. The van der Waals surface area contributed by atoms with Crippen LogP contribution in [0.1, 0.15) is 26.2 Å². The second-order valence-electron chi connectivity index (χ2n) is 4.26. The summed E-state index contributed by atoms with van der Waals surface area (Å²) in [4.78, 5) is 11.1. The molecule has 100 valence electrons. The zero-order valence-corrected chi connectivity index (χ0v) is 11.0. The zero-order chi connectivity index (χ0) is 12.9. The molecule has 0 aromatic heterocycles. The van der Waals surface area contributed by atoms with Gasteiger partial charge in [0.25, 0.3) is 0 Å². The summed E-state index contributed by atoms with van der Waals surface area (Å²) in [6.07, 6.45) is 1.95. The van der Waals surface area contributed by atoms with E-state index in [4.69, 9.17) is 5.73 Å². The van der Waals surface area contributed by atoms with Crippen LogP contribution in [0.3, 0.4) is 0 Å². The summed E-state index contributed by atoms with van der Waals surface area (Å²) in [7, 11) is -3.09. The zero-order valence-electron chi connectivity index (χ0n) is 10.2. The minimum atomic E-state index is -3.09. The number of carbonyl (C=O) groups excluding carboxylic acids is 1. The van der Waals surface area contributed by atoms with Crippen molar-refractivity contribution in [1.82, 2.24) is 9.62 Å². The van der Waals surface area contributed by atoms with E-state index in [-0.39, 0.29) is 24.2 Å². The number of amides is 1. The van der Waals surface area contributed by atoms with Crippen LogP contribution in [0.5, 0.6) is 0 Å². The lowest BCUT2D eigenvalue weighted by Crippen LogP contribution is -2.48. The topological polar surface area (TPSA) is 92.5 Å². The summed E-state index contributed by atoms with van der Waals surface area (Å²) in [5.41, 5.74) is 5.21. The molecule has 0 radical (unpaired) electrons. The fourth-order valence-electron chi connectivity index (χ4n) is 1.95. The number of nitrogens with two attached hydrogens (primary N) is 1. The Labute approximate surface area is 103 Å². The Morgan fingerprint density at radius 1 is 1.41 bits per heavy atom. The molecule has 1 saturated heterocycles. The molecule has 1 aliphatic heterocycles. The molecule has 1 fully saturated rings. The highest BCUT2D eigenvalue weighted by atomic mass is 32.2. The maximum Gasteiger partial charge on any atom is 0.233 e. The molecule has 6 nitrogen and oxygen atoms in total. The van der Waals surface area contributed by atoms with Gasteiger partial charge in [0.15, 0.2) is 0 Å². The second kappa shape index (κ2) is 6.32. The van der Waals surface area contributed by atoms with E-state index in [2.05, 4.69) is 5.32 Å². The Morgan fingerprint density at radius 3 is 2.47 bits per heavy atom. The van der Waals surface area contributed by atoms with Crippen LogP contribution in [0.2, 0.25) is 0 Å². The third kappa shape index (κ3) is 4.25. The van der Waals surface area contributed by atoms with E-state index < -0.39 is 10.0 Å². The van der Waals surface area contributed by atoms with Crippen LogP contribution in [-0.2, 0) is 14.8 Å². The molecule has 0 aromatic carbocycles. The monoisotopic (exact) mass is 263 g/mol. The summed E-state index contributed by atoms with van der Waals surface area (Å²) >= 11 is 0. The number of sulfonamides is 1. The average molecular weight is 263 g/mol. The lowest BCUT2D eigenvalue weighted by Gasteiger charge is -2.31. The molecule has 1 aliphatic rings. The highest BCUT2D eigenvalue weighted by molar-refractivity contribution is 7.89. The van der Waals surface area contributed by atoms with E-state index in [1.807, 2.05) is 6.92 Å². The molecule has 0 saturated carbocycles. The first kappa shape index (κ1) is 14.4. The summed E-state index contributed by atoms with van der Waals surface area (Å²) in [6, 6.07) is 0.0547. The Kier molecular flexibility index (Phi) is 5.35. The van der Waals surface area contributed by atoms with Crippen molar-refractivity contribution < 1.29 is 13.2 Å². The minimum absolute atomic E-state index is 0.0195. The standard InChI is InChI=1S/C10H21N3O3S/c1-2-7-17(15,16)13-5-3-9(4-6-13)12-10(14)8-11/h9H,2-8,11H2,1H3,(H,12,14). The van der Waals surface area contributed by atoms with Gasteiger partial charge in [-0.15, -0.1) is 0 Å². The first-order valence-corrected chi connectivity index (χ1v) is 7.57. The van der Waals surface area contributed by atoms with Crippen LogP contribution >= 0.6 is 0 Å². The van der Waals surface area contributed by atoms with E-state index in [1.54, 1.807) is 0 Å². The number of hydrogen-bond donors (Lipinski definition) is 2. The predicted molar refractivity (Wildman–Crippen MR) is 65.9 cm³/mol. The Hall–Kier alpha value is -0.660. The predicted octanol–water partition coefficient (Wildman–Crippen LogP) is -0.734. The van der Waals surface area contributed by atoms with Gasteiger partial charge in [0.2, 0.25) is 15.9 Å². The van der Waals surface area contributed by atoms with Gasteiger partial charge in [-0.1, -0.05) is 6.92 Å². The molecule has 0 spiro atoms. The van der Waals surface area contributed by atoms with Crippen molar-refractivity contribution in [3.8, 4) is 0 Å². The summed E-state index contributed by atoms with van der Waals surface area (Å²) in [6.45, 7) is 2.80. The number of hydrogen-bond acceptors (Lipinski definition) is 4.